The Balaban J connectivity index is 0.000000136. The fraction of sp³-hybridized carbons (Fsp3) is 0.455. The molecule has 0 spiro atoms. The lowest BCUT2D eigenvalue weighted by molar-refractivity contribution is 0.0591. The number of hydrogen-bond donors (Lipinski definition) is 2. The molecule has 2 aromatic rings. The molecule has 3 N–H and O–H groups in total. The van der Waals surface area contributed by atoms with Crippen LogP contribution in [0.5, 0.6) is 0 Å². The minimum Gasteiger partial charge on any atom is -0.394 e. The molecule has 17 heavy (non-hydrogen) atoms. The highest BCUT2D eigenvalue weighted by Gasteiger charge is 2.12. The molecule has 1 unspecified atom stereocenters. The van der Waals surface area contributed by atoms with Crippen LogP contribution in [0.25, 0.3) is 5.52 Å². The second-order valence-corrected chi connectivity index (χ2v) is 3.80. The Morgan fingerprint density at radius 1 is 1.59 bits per heavy atom. The summed E-state index contributed by atoms with van der Waals surface area (Å²) in [6.07, 6.45) is 5.57. The first-order chi connectivity index (χ1) is 8.31. The predicted octanol–water partition coefficient (Wildman–Crippen LogP) is 0.469. The maximum absolute atomic E-state index is 8.44. The van der Waals surface area contributed by atoms with Gasteiger partial charge in [0.15, 0.2) is 5.82 Å². The van der Waals surface area contributed by atoms with E-state index >= 15 is 0 Å². The molecule has 6 nitrogen and oxygen atoms in total. The number of anilines is 1. The van der Waals surface area contributed by atoms with Crippen LogP contribution in [0.4, 0.5) is 5.82 Å². The van der Waals surface area contributed by atoms with Crippen LogP contribution in [0.1, 0.15) is 12.8 Å². The zero-order chi connectivity index (χ0) is 12.1. The SMILES string of the molecule is Nc1ncnn2cccc12.OCC1CCCO1. The topological polar surface area (TPSA) is 85.7 Å². The van der Waals surface area contributed by atoms with Crippen molar-refractivity contribution in [2.24, 2.45) is 0 Å². The van der Waals surface area contributed by atoms with E-state index in [2.05, 4.69) is 10.1 Å². The molecule has 1 aliphatic heterocycles. The number of aliphatic hydroxyl groups excluding tert-OH is 1. The summed E-state index contributed by atoms with van der Waals surface area (Å²) >= 11 is 0. The van der Waals surface area contributed by atoms with Crippen LogP contribution >= 0.6 is 0 Å². The lowest BCUT2D eigenvalue weighted by atomic mass is 10.2. The van der Waals surface area contributed by atoms with Crippen molar-refractivity contribution in [2.45, 2.75) is 18.9 Å². The number of fused-ring (bicyclic) bond motifs is 1. The molecule has 2 aromatic heterocycles. The number of aromatic nitrogens is 3. The molecule has 0 aromatic carbocycles. The molecule has 1 fully saturated rings. The van der Waals surface area contributed by atoms with E-state index in [9.17, 15) is 0 Å². The molecule has 1 saturated heterocycles. The monoisotopic (exact) mass is 236 g/mol. The molecule has 0 saturated carbocycles. The summed E-state index contributed by atoms with van der Waals surface area (Å²) in [6.45, 7) is 1.03. The lowest BCUT2D eigenvalue weighted by Crippen LogP contribution is -2.09. The van der Waals surface area contributed by atoms with E-state index in [-0.39, 0.29) is 12.7 Å². The van der Waals surface area contributed by atoms with E-state index in [1.165, 1.54) is 6.33 Å². The maximum Gasteiger partial charge on any atom is 0.151 e. The van der Waals surface area contributed by atoms with Gasteiger partial charge in [-0.1, -0.05) is 0 Å². The molecule has 6 heteroatoms. The van der Waals surface area contributed by atoms with Crippen LogP contribution in [-0.4, -0.2) is 39.0 Å². The molecule has 1 aliphatic rings. The number of nitrogens with two attached hydrogens (primary N) is 1. The van der Waals surface area contributed by atoms with Gasteiger partial charge in [-0.3, -0.25) is 0 Å². The van der Waals surface area contributed by atoms with E-state index in [4.69, 9.17) is 15.6 Å². The molecular formula is C11H16N4O2. The van der Waals surface area contributed by atoms with Crippen molar-refractivity contribution in [1.82, 2.24) is 14.6 Å². The molecule has 0 bridgehead atoms. The molecule has 0 radical (unpaired) electrons. The summed E-state index contributed by atoms with van der Waals surface area (Å²) in [5.41, 5.74) is 6.38. The molecule has 3 heterocycles. The Labute approximate surface area is 99.0 Å². The largest absolute Gasteiger partial charge is 0.394 e. The van der Waals surface area contributed by atoms with E-state index in [1.807, 2.05) is 18.3 Å². The number of rotatable bonds is 1. The fourth-order valence-electron chi connectivity index (χ4n) is 1.67. The zero-order valence-corrected chi connectivity index (χ0v) is 9.49. The van der Waals surface area contributed by atoms with E-state index in [1.54, 1.807) is 4.52 Å². The van der Waals surface area contributed by atoms with Crippen molar-refractivity contribution >= 4 is 11.3 Å². The quantitative estimate of drug-likeness (QED) is 0.751. The molecule has 92 valence electrons. The van der Waals surface area contributed by atoms with Gasteiger partial charge in [0.1, 0.15) is 11.8 Å². The summed E-state index contributed by atoms with van der Waals surface area (Å²) in [6, 6.07) is 3.75. The molecular weight excluding hydrogens is 220 g/mol. The van der Waals surface area contributed by atoms with Gasteiger partial charge in [-0.25, -0.2) is 9.50 Å². The molecule has 0 aliphatic carbocycles. The van der Waals surface area contributed by atoms with Crippen molar-refractivity contribution in [1.29, 1.82) is 0 Å². The highest BCUT2D eigenvalue weighted by atomic mass is 16.5. The zero-order valence-electron chi connectivity index (χ0n) is 9.49. The number of nitrogens with zero attached hydrogens (tertiary/aromatic N) is 3. The van der Waals surface area contributed by atoms with Gasteiger partial charge in [0.2, 0.25) is 0 Å². The van der Waals surface area contributed by atoms with Crippen molar-refractivity contribution < 1.29 is 9.84 Å². The van der Waals surface area contributed by atoms with E-state index < -0.39 is 0 Å². The summed E-state index contributed by atoms with van der Waals surface area (Å²) in [7, 11) is 0. The van der Waals surface area contributed by atoms with E-state index in [0.29, 0.717) is 5.82 Å². The van der Waals surface area contributed by atoms with Gasteiger partial charge < -0.3 is 15.6 Å². The van der Waals surface area contributed by atoms with Crippen molar-refractivity contribution in [3.63, 3.8) is 0 Å². The highest BCUT2D eigenvalue weighted by molar-refractivity contribution is 5.63. The van der Waals surface area contributed by atoms with Crippen molar-refractivity contribution in [3.05, 3.63) is 24.7 Å². The first kappa shape index (κ1) is 11.8. The standard InChI is InChI=1S/C6H6N4.C5H10O2/c7-6-5-2-1-3-10(5)9-4-8-6;6-4-5-2-1-3-7-5/h1-4H,(H2,7,8,9);5-6H,1-4H2. The Morgan fingerprint density at radius 2 is 2.47 bits per heavy atom. The normalized spacial score (nSPS) is 19.0. The van der Waals surface area contributed by atoms with Gasteiger partial charge in [-0.05, 0) is 25.0 Å². The van der Waals surface area contributed by atoms with E-state index in [0.717, 1.165) is 25.0 Å². The van der Waals surface area contributed by atoms with Gasteiger partial charge in [0.25, 0.3) is 0 Å². The van der Waals surface area contributed by atoms with Gasteiger partial charge in [0, 0.05) is 12.8 Å². The second kappa shape index (κ2) is 5.60. The summed E-state index contributed by atoms with van der Waals surface area (Å²) in [4.78, 5) is 3.83. The number of aliphatic hydroxyl groups is 1. The highest BCUT2D eigenvalue weighted by Crippen LogP contribution is 2.09. The molecule has 3 rings (SSSR count). The lowest BCUT2D eigenvalue weighted by Gasteiger charge is -2.00. The Bertz CT molecular complexity index is 465. The number of hydrogen-bond acceptors (Lipinski definition) is 5. The molecule has 1 atom stereocenters. The Kier molecular flexibility index (Phi) is 3.89. The smallest absolute Gasteiger partial charge is 0.151 e. The summed E-state index contributed by atoms with van der Waals surface area (Å²) in [5, 5.41) is 12.4. The number of ether oxygens (including phenoxy) is 1. The Hall–Kier alpha value is -1.66. The van der Waals surface area contributed by atoms with Gasteiger partial charge in [0.05, 0.1) is 12.7 Å². The third kappa shape index (κ3) is 2.92. The summed E-state index contributed by atoms with van der Waals surface area (Å²) in [5.74, 6) is 0.514. The van der Waals surface area contributed by atoms with Crippen LogP contribution in [0.2, 0.25) is 0 Å². The average Bonchev–Trinajstić information content (AvgIpc) is 3.01. The van der Waals surface area contributed by atoms with Gasteiger partial charge in [-0.2, -0.15) is 5.10 Å². The fourth-order valence-corrected chi connectivity index (χ4v) is 1.67. The van der Waals surface area contributed by atoms with Crippen LogP contribution in [0, 0.1) is 0 Å². The minimum absolute atomic E-state index is 0.153. The minimum atomic E-state index is 0.153. The van der Waals surface area contributed by atoms with Crippen LogP contribution in [-0.2, 0) is 4.74 Å². The maximum atomic E-state index is 8.44. The van der Waals surface area contributed by atoms with Gasteiger partial charge in [-0.15, -0.1) is 0 Å². The predicted molar refractivity (Wildman–Crippen MR) is 63.5 cm³/mol. The van der Waals surface area contributed by atoms with Crippen LogP contribution in [0.15, 0.2) is 24.7 Å². The third-order valence-electron chi connectivity index (χ3n) is 2.59. The second-order valence-electron chi connectivity index (χ2n) is 3.80. The average molecular weight is 236 g/mol. The Morgan fingerprint density at radius 3 is 3.06 bits per heavy atom. The van der Waals surface area contributed by atoms with Crippen molar-refractivity contribution in [3.8, 4) is 0 Å². The van der Waals surface area contributed by atoms with Crippen LogP contribution < -0.4 is 5.73 Å². The molecule has 0 amide bonds. The third-order valence-corrected chi connectivity index (χ3v) is 2.59. The first-order valence-electron chi connectivity index (χ1n) is 5.57. The van der Waals surface area contributed by atoms with Crippen LogP contribution in [0.3, 0.4) is 0 Å². The van der Waals surface area contributed by atoms with Gasteiger partial charge >= 0.3 is 0 Å². The number of nitrogen functional groups attached to an aromatic ring is 1. The first-order valence-corrected chi connectivity index (χ1v) is 5.57. The van der Waals surface area contributed by atoms with Crippen molar-refractivity contribution in [2.75, 3.05) is 18.9 Å². The summed E-state index contributed by atoms with van der Waals surface area (Å²) < 4.78 is 6.73.